The number of carboxylic acid groups (broad SMARTS) is 1. The van der Waals surface area contributed by atoms with Crippen molar-refractivity contribution >= 4 is 40.1 Å². The van der Waals surface area contributed by atoms with E-state index in [-0.39, 0.29) is 6.42 Å². The zero-order chi connectivity index (χ0) is 24.2. The first-order chi connectivity index (χ1) is 14.9. The van der Waals surface area contributed by atoms with Crippen LogP contribution >= 0.6 is 24.0 Å². The van der Waals surface area contributed by atoms with Crippen LogP contribution in [0.15, 0.2) is 65.6 Å². The van der Waals surface area contributed by atoms with E-state index in [0.717, 1.165) is 5.56 Å². The normalized spacial score (nSPS) is 16.1. The number of carbonyl (C=O) groups is 2. The molecule has 2 atom stereocenters. The molecule has 0 amide bonds. The second-order valence-corrected chi connectivity index (χ2v) is 11.6. The molecular weight excluding hydrogens is 440 g/mol. The summed E-state index contributed by atoms with van der Waals surface area (Å²) < 4.78 is 4.96. The van der Waals surface area contributed by atoms with Crippen LogP contribution in [-0.2, 0) is 14.3 Å². The highest BCUT2D eigenvalue weighted by atomic mass is 32.2. The van der Waals surface area contributed by atoms with Gasteiger partial charge in [0.05, 0.1) is 22.6 Å². The molecule has 1 aromatic rings. The smallest absolute Gasteiger partial charge is 0.314 e. The van der Waals surface area contributed by atoms with Gasteiger partial charge in [0.1, 0.15) is 0 Å². The lowest BCUT2D eigenvalue weighted by Gasteiger charge is -2.46. The number of thioether (sulfide) groups is 1. The van der Waals surface area contributed by atoms with E-state index in [4.69, 9.17) is 17.0 Å². The lowest BCUT2D eigenvalue weighted by molar-refractivity contribution is -0.156. The lowest BCUT2D eigenvalue weighted by atomic mass is 9.62. The first kappa shape index (κ1) is 25.9. The molecular formula is C26H30O4S2. The molecule has 0 spiro atoms. The summed E-state index contributed by atoms with van der Waals surface area (Å²) in [6, 6.07) is 9.56. The molecule has 170 valence electrons. The van der Waals surface area contributed by atoms with E-state index in [1.807, 2.05) is 58.0 Å². The molecule has 1 aromatic carbocycles. The summed E-state index contributed by atoms with van der Waals surface area (Å²) in [5, 5.41) is 10.4. The van der Waals surface area contributed by atoms with Crippen LogP contribution in [0.2, 0.25) is 0 Å². The topological polar surface area (TPSA) is 63.6 Å². The van der Waals surface area contributed by atoms with Crippen LogP contribution in [0.5, 0.6) is 0 Å². The van der Waals surface area contributed by atoms with Crippen molar-refractivity contribution < 1.29 is 19.4 Å². The van der Waals surface area contributed by atoms with E-state index in [1.165, 1.54) is 18.9 Å². The molecule has 0 aliphatic heterocycles. The minimum atomic E-state index is -1.20. The summed E-state index contributed by atoms with van der Waals surface area (Å²) in [6.45, 7) is 9.31. The maximum Gasteiger partial charge on any atom is 0.314 e. The van der Waals surface area contributed by atoms with Gasteiger partial charge in [0.15, 0.2) is 0 Å². The first-order valence-electron chi connectivity index (χ1n) is 10.3. The molecule has 0 aromatic heterocycles. The van der Waals surface area contributed by atoms with Crippen LogP contribution in [0.4, 0.5) is 0 Å². The van der Waals surface area contributed by atoms with Crippen molar-refractivity contribution in [3.8, 4) is 0 Å². The fourth-order valence-corrected chi connectivity index (χ4v) is 5.92. The maximum atomic E-state index is 12.8. The van der Waals surface area contributed by atoms with Gasteiger partial charge in [-0.15, -0.1) is 11.8 Å². The van der Waals surface area contributed by atoms with Crippen LogP contribution in [0, 0.1) is 16.7 Å². The molecule has 1 aliphatic carbocycles. The monoisotopic (exact) mass is 470 g/mol. The number of carbonyl (C=O) groups excluding carboxylic acids is 1. The molecule has 0 radical (unpaired) electrons. The third kappa shape index (κ3) is 5.51. The Balaban J connectivity index is 2.44. The number of methoxy groups -OCH3 is 1. The average molecular weight is 471 g/mol. The minimum absolute atomic E-state index is 0.217. The Morgan fingerprint density at radius 3 is 2.28 bits per heavy atom. The number of benzene rings is 1. The van der Waals surface area contributed by atoms with Crippen molar-refractivity contribution in [1.29, 1.82) is 0 Å². The summed E-state index contributed by atoms with van der Waals surface area (Å²) in [4.78, 5) is 25.5. The van der Waals surface area contributed by atoms with Crippen molar-refractivity contribution in [2.45, 2.75) is 45.8 Å². The largest absolute Gasteiger partial charge is 0.481 e. The maximum absolute atomic E-state index is 12.8. The predicted molar refractivity (Wildman–Crippen MR) is 134 cm³/mol. The average Bonchev–Trinajstić information content (AvgIpc) is 2.74. The molecule has 0 saturated heterocycles. The number of allylic oxidation sites excluding steroid dienone is 3. The summed E-state index contributed by atoms with van der Waals surface area (Å²) >= 11 is 7.01. The summed E-state index contributed by atoms with van der Waals surface area (Å²) in [5.74, 6) is -2.06. The number of thiocarbonyl (C=S) groups is 1. The second kappa shape index (κ2) is 10.1. The van der Waals surface area contributed by atoms with Crippen molar-refractivity contribution in [2.75, 3.05) is 7.11 Å². The van der Waals surface area contributed by atoms with E-state index in [0.29, 0.717) is 9.77 Å². The number of ether oxygens (including phenoxy) is 1. The van der Waals surface area contributed by atoms with Gasteiger partial charge in [0, 0.05) is 10.3 Å². The minimum Gasteiger partial charge on any atom is -0.481 e. The Hall–Kier alpha value is -2.36. The first-order valence-corrected chi connectivity index (χ1v) is 11.6. The molecule has 6 heteroatoms. The van der Waals surface area contributed by atoms with Crippen molar-refractivity contribution in [3.05, 3.63) is 71.2 Å². The molecule has 0 bridgehead atoms. The Morgan fingerprint density at radius 1 is 1.16 bits per heavy atom. The summed E-state index contributed by atoms with van der Waals surface area (Å²) in [5.41, 5.74) is 5.44. The molecule has 1 aliphatic rings. The van der Waals surface area contributed by atoms with Crippen LogP contribution < -0.4 is 0 Å². The fourth-order valence-electron chi connectivity index (χ4n) is 4.06. The number of esters is 1. The Morgan fingerprint density at radius 2 is 1.78 bits per heavy atom. The highest BCUT2D eigenvalue weighted by molar-refractivity contribution is 8.24. The zero-order valence-electron chi connectivity index (χ0n) is 19.4. The van der Waals surface area contributed by atoms with E-state index >= 15 is 0 Å². The molecule has 4 nitrogen and oxygen atoms in total. The van der Waals surface area contributed by atoms with Crippen LogP contribution in [0.25, 0.3) is 0 Å². The number of rotatable bonds is 9. The summed E-state index contributed by atoms with van der Waals surface area (Å²) in [6.07, 6.45) is 5.50. The number of aliphatic carboxylic acids is 1. The quantitative estimate of drug-likeness (QED) is 0.272. The molecule has 32 heavy (non-hydrogen) atoms. The molecule has 0 fully saturated rings. The molecule has 0 saturated carbocycles. The lowest BCUT2D eigenvalue weighted by Crippen LogP contribution is -2.50. The highest BCUT2D eigenvalue weighted by Crippen LogP contribution is 2.52. The third-order valence-electron chi connectivity index (χ3n) is 6.17. The van der Waals surface area contributed by atoms with Gasteiger partial charge in [0.2, 0.25) is 0 Å². The van der Waals surface area contributed by atoms with Crippen LogP contribution in [-0.4, -0.2) is 33.1 Å². The molecule has 0 heterocycles. The van der Waals surface area contributed by atoms with Gasteiger partial charge in [-0.3, -0.25) is 9.59 Å². The SMILES string of the molecule is COC(=O)C(C1=C=C=CC=C1)C(C)(C)CC(C)(C(=O)O)C(C)(C)SC(=S)c1ccccc1. The molecule has 1 N–H and O–H groups in total. The van der Waals surface area contributed by atoms with Gasteiger partial charge < -0.3 is 9.84 Å². The standard InChI is InChI=1S/C26H30O4S2/c1-24(2,20(21(27)30-6)18-13-9-7-10-14-18)17-26(5,23(28)29)25(3,4)32-22(31)19-15-11-8-12-16-19/h7-9,11-13,15-16,20H,17H2,1-6H3,(H,28,29). The van der Waals surface area contributed by atoms with Gasteiger partial charge in [-0.2, -0.15) is 0 Å². The second-order valence-electron chi connectivity index (χ2n) is 9.28. The van der Waals surface area contributed by atoms with Crippen molar-refractivity contribution in [2.24, 2.45) is 16.7 Å². The van der Waals surface area contributed by atoms with Gasteiger partial charge in [-0.25, -0.2) is 0 Å². The van der Waals surface area contributed by atoms with Crippen LogP contribution in [0.3, 0.4) is 0 Å². The van der Waals surface area contributed by atoms with Gasteiger partial charge >= 0.3 is 11.9 Å². The van der Waals surface area contributed by atoms with E-state index in [9.17, 15) is 14.7 Å². The predicted octanol–water partition coefficient (Wildman–Crippen LogP) is 5.98. The fraction of sp³-hybridized carbons (Fsp3) is 0.423. The van der Waals surface area contributed by atoms with Gasteiger partial charge in [0.25, 0.3) is 0 Å². The molecule has 2 unspecified atom stereocenters. The summed E-state index contributed by atoms with van der Waals surface area (Å²) in [7, 11) is 1.34. The zero-order valence-corrected chi connectivity index (χ0v) is 21.0. The Labute approximate surface area is 200 Å². The number of hydrogen-bond acceptors (Lipinski definition) is 5. The molecule has 2 rings (SSSR count). The van der Waals surface area contributed by atoms with Gasteiger partial charge in [-0.05, 0) is 50.3 Å². The van der Waals surface area contributed by atoms with E-state index in [2.05, 4.69) is 11.5 Å². The van der Waals surface area contributed by atoms with Gasteiger partial charge in [-0.1, -0.05) is 73.9 Å². The van der Waals surface area contributed by atoms with Crippen LogP contribution in [0.1, 0.15) is 46.6 Å². The van der Waals surface area contributed by atoms with Crippen molar-refractivity contribution in [1.82, 2.24) is 0 Å². The van der Waals surface area contributed by atoms with Crippen molar-refractivity contribution in [3.63, 3.8) is 0 Å². The van der Waals surface area contributed by atoms with E-state index < -0.39 is 33.4 Å². The highest BCUT2D eigenvalue weighted by Gasteiger charge is 2.54. The van der Waals surface area contributed by atoms with E-state index in [1.54, 1.807) is 25.2 Å². The Bertz CT molecular complexity index is 1020. The number of carboxylic acids is 1. The third-order valence-corrected chi connectivity index (χ3v) is 8.04. The number of hydrogen-bond donors (Lipinski definition) is 1. The Kier molecular flexibility index (Phi) is 8.14.